The topological polar surface area (TPSA) is 60.4 Å². The summed E-state index contributed by atoms with van der Waals surface area (Å²) in [6, 6.07) is 2.94. The molecule has 0 radical (unpaired) electrons. The van der Waals surface area contributed by atoms with Crippen LogP contribution in [0.15, 0.2) is 16.3 Å². The summed E-state index contributed by atoms with van der Waals surface area (Å²) in [6.07, 6.45) is -0.144. The van der Waals surface area contributed by atoms with Gasteiger partial charge in [0.2, 0.25) is 0 Å². The number of sulfone groups is 1. The Kier molecular flexibility index (Phi) is 4.12. The van der Waals surface area contributed by atoms with Gasteiger partial charge in [0.1, 0.15) is 4.21 Å². The van der Waals surface area contributed by atoms with Gasteiger partial charge in [-0.25, -0.2) is 8.42 Å². The summed E-state index contributed by atoms with van der Waals surface area (Å²) in [6.45, 7) is 0. The van der Waals surface area contributed by atoms with Crippen molar-refractivity contribution in [3.8, 4) is 0 Å². The number of hydrogen-bond donors (Lipinski definition) is 0. The Morgan fingerprint density at radius 1 is 1.53 bits per heavy atom. The highest BCUT2D eigenvalue weighted by Gasteiger charge is 2.18. The summed E-state index contributed by atoms with van der Waals surface area (Å²) >= 11 is 6.60. The molecular formula is C8H9ClO4S2. The zero-order chi connectivity index (χ0) is 11.5. The molecule has 1 rings (SSSR count). The first-order valence-electron chi connectivity index (χ1n) is 4.00. The molecule has 0 saturated carbocycles. The van der Waals surface area contributed by atoms with E-state index in [0.29, 0.717) is 4.34 Å². The van der Waals surface area contributed by atoms with E-state index in [4.69, 9.17) is 11.6 Å². The molecule has 0 bridgehead atoms. The van der Waals surface area contributed by atoms with Crippen molar-refractivity contribution in [3.63, 3.8) is 0 Å². The molecule has 15 heavy (non-hydrogen) atoms. The van der Waals surface area contributed by atoms with Crippen LogP contribution in [0.3, 0.4) is 0 Å². The molecule has 0 saturated heterocycles. The van der Waals surface area contributed by atoms with E-state index in [2.05, 4.69) is 4.74 Å². The van der Waals surface area contributed by atoms with Crippen LogP contribution in [-0.2, 0) is 19.4 Å². The maximum atomic E-state index is 11.6. The van der Waals surface area contributed by atoms with Gasteiger partial charge in [0.25, 0.3) is 0 Å². The monoisotopic (exact) mass is 268 g/mol. The number of hydrogen-bond acceptors (Lipinski definition) is 5. The van der Waals surface area contributed by atoms with Gasteiger partial charge in [-0.1, -0.05) is 11.6 Å². The molecule has 0 atom stereocenters. The summed E-state index contributed by atoms with van der Waals surface area (Å²) < 4.78 is 28.2. The molecule has 0 N–H and O–H groups in total. The average Bonchev–Trinajstić information content (AvgIpc) is 2.62. The molecule has 84 valence electrons. The highest BCUT2D eigenvalue weighted by atomic mass is 35.5. The van der Waals surface area contributed by atoms with E-state index in [1.807, 2.05) is 0 Å². The molecular weight excluding hydrogens is 260 g/mol. The highest BCUT2D eigenvalue weighted by molar-refractivity contribution is 7.93. The second kappa shape index (κ2) is 4.96. The third-order valence-electron chi connectivity index (χ3n) is 1.66. The lowest BCUT2D eigenvalue weighted by molar-refractivity contribution is -0.140. The Bertz CT molecular complexity index is 449. The zero-order valence-corrected chi connectivity index (χ0v) is 10.3. The van der Waals surface area contributed by atoms with Crippen molar-refractivity contribution in [3.05, 3.63) is 16.5 Å². The van der Waals surface area contributed by atoms with Crippen LogP contribution >= 0.6 is 22.9 Å². The van der Waals surface area contributed by atoms with E-state index in [1.165, 1.54) is 19.2 Å². The Morgan fingerprint density at radius 3 is 2.67 bits per heavy atom. The lowest BCUT2D eigenvalue weighted by Crippen LogP contribution is -2.11. The average molecular weight is 269 g/mol. The number of esters is 1. The fourth-order valence-corrected chi connectivity index (χ4v) is 3.74. The first-order chi connectivity index (χ1) is 6.95. The van der Waals surface area contributed by atoms with Crippen LogP contribution in [0.4, 0.5) is 0 Å². The summed E-state index contributed by atoms with van der Waals surface area (Å²) in [5.74, 6) is -0.794. The first-order valence-corrected chi connectivity index (χ1v) is 6.85. The van der Waals surface area contributed by atoms with Gasteiger partial charge in [0.05, 0.1) is 23.6 Å². The fraction of sp³-hybridized carbons (Fsp3) is 0.375. The SMILES string of the molecule is COC(=O)CCS(=O)(=O)c1ccc(Cl)s1. The predicted octanol–water partition coefficient (Wildman–Crippen LogP) is 1.74. The number of rotatable bonds is 4. The Morgan fingerprint density at radius 2 is 2.20 bits per heavy atom. The zero-order valence-electron chi connectivity index (χ0n) is 7.90. The van der Waals surface area contributed by atoms with Crippen molar-refractivity contribution in [1.82, 2.24) is 0 Å². The van der Waals surface area contributed by atoms with Gasteiger partial charge in [-0.15, -0.1) is 11.3 Å². The van der Waals surface area contributed by atoms with Gasteiger partial charge < -0.3 is 4.74 Å². The number of thiophene rings is 1. The number of halogens is 1. The molecule has 0 fully saturated rings. The van der Waals surface area contributed by atoms with Gasteiger partial charge >= 0.3 is 5.97 Å². The molecule has 0 aliphatic carbocycles. The van der Waals surface area contributed by atoms with E-state index >= 15 is 0 Å². The molecule has 0 aliphatic heterocycles. The number of carbonyl (C=O) groups excluding carboxylic acids is 1. The van der Waals surface area contributed by atoms with Crippen molar-refractivity contribution in [2.45, 2.75) is 10.6 Å². The summed E-state index contributed by atoms with van der Waals surface area (Å²) in [5.41, 5.74) is 0. The van der Waals surface area contributed by atoms with Crippen molar-refractivity contribution < 1.29 is 17.9 Å². The minimum absolute atomic E-state index is 0.144. The molecule has 1 heterocycles. The second-order valence-corrected chi connectivity index (χ2v) is 6.75. The molecule has 4 nitrogen and oxygen atoms in total. The first kappa shape index (κ1) is 12.5. The van der Waals surface area contributed by atoms with E-state index < -0.39 is 15.8 Å². The summed E-state index contributed by atoms with van der Waals surface area (Å²) in [5, 5.41) is 0. The summed E-state index contributed by atoms with van der Waals surface area (Å²) in [7, 11) is -2.19. The molecule has 1 aromatic rings. The number of ether oxygens (including phenoxy) is 1. The molecule has 0 unspecified atom stereocenters. The third-order valence-corrected chi connectivity index (χ3v) is 5.19. The lowest BCUT2D eigenvalue weighted by Gasteiger charge is -2.00. The molecule has 7 heteroatoms. The molecule has 0 aliphatic rings. The largest absolute Gasteiger partial charge is 0.469 e. The fourth-order valence-electron chi connectivity index (χ4n) is 0.885. The van der Waals surface area contributed by atoms with E-state index in [1.54, 1.807) is 0 Å². The Balaban J connectivity index is 2.72. The third kappa shape index (κ3) is 3.48. The maximum absolute atomic E-state index is 11.6. The van der Waals surface area contributed by atoms with Crippen molar-refractivity contribution in [2.24, 2.45) is 0 Å². The van der Waals surface area contributed by atoms with Gasteiger partial charge in [-0.2, -0.15) is 0 Å². The quantitative estimate of drug-likeness (QED) is 0.781. The minimum atomic E-state index is -3.41. The Hall–Kier alpha value is -0.590. The van der Waals surface area contributed by atoms with Crippen LogP contribution in [0.2, 0.25) is 4.34 Å². The van der Waals surface area contributed by atoms with E-state index in [9.17, 15) is 13.2 Å². The number of carbonyl (C=O) groups is 1. The normalized spacial score (nSPS) is 11.3. The van der Waals surface area contributed by atoms with Crippen LogP contribution in [0.25, 0.3) is 0 Å². The van der Waals surface area contributed by atoms with Crippen LogP contribution in [0.1, 0.15) is 6.42 Å². The smallest absolute Gasteiger partial charge is 0.306 e. The van der Waals surface area contributed by atoms with Gasteiger partial charge in [-0.3, -0.25) is 4.79 Å². The second-order valence-electron chi connectivity index (χ2n) is 2.70. The van der Waals surface area contributed by atoms with E-state index in [0.717, 1.165) is 11.3 Å². The van der Waals surface area contributed by atoms with Crippen molar-refractivity contribution in [1.29, 1.82) is 0 Å². The number of methoxy groups -OCH3 is 1. The molecule has 0 amide bonds. The standard InChI is InChI=1S/C8H9ClO4S2/c1-13-7(10)4-5-15(11,12)8-3-2-6(9)14-8/h2-3H,4-5H2,1H3. The van der Waals surface area contributed by atoms with E-state index in [-0.39, 0.29) is 16.4 Å². The van der Waals surface area contributed by atoms with Crippen LogP contribution in [0.5, 0.6) is 0 Å². The van der Waals surface area contributed by atoms with Gasteiger partial charge in [-0.05, 0) is 12.1 Å². The lowest BCUT2D eigenvalue weighted by atomic mass is 10.5. The highest BCUT2D eigenvalue weighted by Crippen LogP contribution is 2.26. The van der Waals surface area contributed by atoms with Crippen molar-refractivity contribution >= 4 is 38.7 Å². The molecule has 1 aromatic heterocycles. The van der Waals surface area contributed by atoms with Crippen LogP contribution < -0.4 is 0 Å². The Labute approximate surface area is 96.7 Å². The van der Waals surface area contributed by atoms with Gasteiger partial charge in [0.15, 0.2) is 9.84 Å². The van der Waals surface area contributed by atoms with Crippen molar-refractivity contribution in [2.75, 3.05) is 12.9 Å². The van der Waals surface area contributed by atoms with Gasteiger partial charge in [0, 0.05) is 0 Å². The minimum Gasteiger partial charge on any atom is -0.469 e. The molecule has 0 aromatic carbocycles. The summed E-state index contributed by atoms with van der Waals surface area (Å²) in [4.78, 5) is 10.8. The molecule has 0 spiro atoms. The maximum Gasteiger partial charge on any atom is 0.306 e. The van der Waals surface area contributed by atoms with Crippen LogP contribution in [-0.4, -0.2) is 27.2 Å². The predicted molar refractivity (Wildman–Crippen MR) is 58.0 cm³/mol. The van der Waals surface area contributed by atoms with Crippen LogP contribution in [0, 0.1) is 0 Å².